The fourth-order valence-corrected chi connectivity index (χ4v) is 6.82. The quantitative estimate of drug-likeness (QED) is 0.509. The zero-order chi connectivity index (χ0) is 20.2. The molecule has 1 aromatic rings. The van der Waals surface area contributed by atoms with Crippen molar-refractivity contribution in [1.82, 2.24) is 9.97 Å². The third-order valence-corrected chi connectivity index (χ3v) is 8.31. The average molecular weight is 391 g/mol. The van der Waals surface area contributed by atoms with E-state index in [9.17, 15) is 4.79 Å². The number of esters is 1. The first-order chi connectivity index (χ1) is 13.9. The lowest BCUT2D eigenvalue weighted by Gasteiger charge is -2.56. The topological polar surface area (TPSA) is 52.1 Å². The van der Waals surface area contributed by atoms with Gasteiger partial charge < -0.3 is 4.74 Å². The van der Waals surface area contributed by atoms with E-state index in [0.29, 0.717) is 11.8 Å². The monoisotopic (exact) mass is 390 g/mol. The van der Waals surface area contributed by atoms with Crippen LogP contribution < -0.4 is 0 Å². The smallest absolute Gasteiger partial charge is 0.302 e. The number of hydrogen-bond acceptors (Lipinski definition) is 4. The number of ether oxygens (including phenoxy) is 1. The van der Waals surface area contributed by atoms with Crippen molar-refractivity contribution in [1.29, 1.82) is 0 Å². The molecule has 5 rings (SSSR count). The van der Waals surface area contributed by atoms with Gasteiger partial charge in [0.2, 0.25) is 0 Å². The van der Waals surface area contributed by atoms with Gasteiger partial charge in [0.05, 0.1) is 0 Å². The molecule has 0 aromatic carbocycles. The van der Waals surface area contributed by atoms with Gasteiger partial charge in [0.1, 0.15) is 12.4 Å². The van der Waals surface area contributed by atoms with E-state index in [1.807, 2.05) is 12.4 Å². The molecule has 2 saturated carbocycles. The van der Waals surface area contributed by atoms with Gasteiger partial charge in [-0.3, -0.25) is 4.79 Å². The van der Waals surface area contributed by atoms with Gasteiger partial charge in [-0.25, -0.2) is 9.97 Å². The number of rotatable bonds is 2. The third-order valence-electron chi connectivity index (χ3n) is 8.31. The van der Waals surface area contributed by atoms with Crippen LogP contribution in [0.15, 0.2) is 48.1 Å². The van der Waals surface area contributed by atoms with Crippen LogP contribution in [0.1, 0.15) is 64.9 Å². The van der Waals surface area contributed by atoms with Crippen molar-refractivity contribution in [3.63, 3.8) is 0 Å². The number of fused-ring (bicyclic) bond motifs is 5. The van der Waals surface area contributed by atoms with Crippen LogP contribution in [0.25, 0.3) is 5.57 Å². The van der Waals surface area contributed by atoms with Crippen molar-refractivity contribution in [2.45, 2.75) is 65.4 Å². The minimum Gasteiger partial charge on any atom is -0.462 e. The van der Waals surface area contributed by atoms with E-state index in [1.165, 1.54) is 30.9 Å². The standard InChI is InChI=1S/C25H30N2O2/c1-16(28)29-19-8-10-24(2)18(12-19)4-5-20-22-7-6-21(17-13-26-15-27-14-17)25(22,3)11-9-23(20)24/h4,6-7,13-15,19-20,23H,5,8-12H2,1-3H3. The zero-order valence-corrected chi connectivity index (χ0v) is 17.6. The molecule has 4 heteroatoms. The predicted molar refractivity (Wildman–Crippen MR) is 113 cm³/mol. The molecule has 5 atom stereocenters. The largest absolute Gasteiger partial charge is 0.462 e. The first-order valence-corrected chi connectivity index (χ1v) is 11.0. The summed E-state index contributed by atoms with van der Waals surface area (Å²) >= 11 is 0. The van der Waals surface area contributed by atoms with Crippen molar-refractivity contribution in [2.75, 3.05) is 0 Å². The van der Waals surface area contributed by atoms with Gasteiger partial charge >= 0.3 is 5.97 Å². The Kier molecular flexibility index (Phi) is 4.30. The molecular weight excluding hydrogens is 360 g/mol. The maximum atomic E-state index is 11.4. The van der Waals surface area contributed by atoms with E-state index in [2.05, 4.69) is 42.0 Å². The molecule has 0 aliphatic heterocycles. The zero-order valence-electron chi connectivity index (χ0n) is 17.6. The molecule has 0 N–H and O–H groups in total. The Bertz CT molecular complexity index is 931. The van der Waals surface area contributed by atoms with Crippen LogP contribution in [0.2, 0.25) is 0 Å². The summed E-state index contributed by atoms with van der Waals surface area (Å²) in [4.78, 5) is 19.9. The number of aromatic nitrogens is 2. The Morgan fingerprint density at radius 1 is 1.14 bits per heavy atom. The maximum absolute atomic E-state index is 11.4. The molecule has 2 fully saturated rings. The highest BCUT2D eigenvalue weighted by Crippen LogP contribution is 2.64. The summed E-state index contributed by atoms with van der Waals surface area (Å²) in [5, 5.41) is 0. The summed E-state index contributed by atoms with van der Waals surface area (Å²) in [7, 11) is 0. The molecule has 5 unspecified atom stereocenters. The van der Waals surface area contributed by atoms with Gasteiger partial charge in [0.15, 0.2) is 0 Å². The van der Waals surface area contributed by atoms with Crippen LogP contribution in [-0.2, 0) is 9.53 Å². The number of nitrogens with zero attached hydrogens (tertiary/aromatic N) is 2. The van der Waals surface area contributed by atoms with E-state index in [1.54, 1.807) is 11.9 Å². The lowest BCUT2D eigenvalue weighted by molar-refractivity contribution is -0.148. The highest BCUT2D eigenvalue weighted by molar-refractivity contribution is 5.78. The third kappa shape index (κ3) is 2.83. The summed E-state index contributed by atoms with van der Waals surface area (Å²) in [5.74, 6) is 1.13. The molecule has 152 valence electrons. The van der Waals surface area contributed by atoms with Crippen LogP contribution in [-0.4, -0.2) is 22.0 Å². The predicted octanol–water partition coefficient (Wildman–Crippen LogP) is 5.28. The number of carbonyl (C=O) groups excluding carboxylic acids is 1. The van der Waals surface area contributed by atoms with Crippen molar-refractivity contribution in [2.24, 2.45) is 22.7 Å². The molecule has 29 heavy (non-hydrogen) atoms. The Balaban J connectivity index is 1.42. The fraction of sp³-hybridized carbons (Fsp3) is 0.560. The van der Waals surface area contributed by atoms with Crippen LogP contribution in [0, 0.1) is 22.7 Å². The van der Waals surface area contributed by atoms with Gasteiger partial charge in [0.25, 0.3) is 0 Å². The SMILES string of the molecule is CC(=O)OC1CCC2(C)C(=CCC3C4=CC=C(c5cncnc5)C4(C)CCC32)C1. The molecule has 1 aromatic heterocycles. The van der Waals surface area contributed by atoms with Crippen molar-refractivity contribution in [3.05, 3.63) is 53.7 Å². The van der Waals surface area contributed by atoms with Gasteiger partial charge in [-0.05, 0) is 54.9 Å². The normalized spacial score (nSPS) is 38.0. The maximum Gasteiger partial charge on any atom is 0.302 e. The van der Waals surface area contributed by atoms with E-state index < -0.39 is 0 Å². The molecule has 4 aliphatic rings. The Morgan fingerprint density at radius 3 is 2.69 bits per heavy atom. The summed E-state index contributed by atoms with van der Waals surface area (Å²) < 4.78 is 5.56. The highest BCUT2D eigenvalue weighted by atomic mass is 16.5. The van der Waals surface area contributed by atoms with E-state index in [0.717, 1.165) is 31.2 Å². The molecule has 0 bridgehead atoms. The molecule has 0 saturated heterocycles. The van der Waals surface area contributed by atoms with Crippen LogP contribution in [0.5, 0.6) is 0 Å². The summed E-state index contributed by atoms with van der Waals surface area (Å²) in [6, 6.07) is 0. The molecule has 4 aliphatic carbocycles. The lowest BCUT2D eigenvalue weighted by Crippen LogP contribution is -2.47. The Labute approximate surface area is 173 Å². The van der Waals surface area contributed by atoms with Gasteiger partial charge in [-0.15, -0.1) is 0 Å². The highest BCUT2D eigenvalue weighted by Gasteiger charge is 2.54. The number of allylic oxidation sites excluding steroid dienone is 5. The minimum absolute atomic E-state index is 0.0641. The second kappa shape index (κ2) is 6.65. The number of carbonyl (C=O) groups is 1. The first-order valence-electron chi connectivity index (χ1n) is 11.0. The summed E-state index contributed by atoms with van der Waals surface area (Å²) in [5.41, 5.74) is 6.00. The molecular formula is C25H30N2O2. The molecule has 0 radical (unpaired) electrons. The summed E-state index contributed by atoms with van der Waals surface area (Å²) in [6.07, 6.45) is 19.3. The van der Waals surface area contributed by atoms with Crippen molar-refractivity contribution in [3.8, 4) is 0 Å². The second-order valence-corrected chi connectivity index (χ2v) is 9.77. The van der Waals surface area contributed by atoms with E-state index in [-0.39, 0.29) is 22.9 Å². The van der Waals surface area contributed by atoms with Crippen LogP contribution in [0.3, 0.4) is 0 Å². The minimum atomic E-state index is -0.152. The van der Waals surface area contributed by atoms with Gasteiger partial charge in [0, 0.05) is 36.7 Å². The van der Waals surface area contributed by atoms with Crippen LogP contribution in [0.4, 0.5) is 0 Å². The van der Waals surface area contributed by atoms with E-state index >= 15 is 0 Å². The molecule has 0 amide bonds. The Hall–Kier alpha value is -2.23. The Morgan fingerprint density at radius 2 is 1.93 bits per heavy atom. The van der Waals surface area contributed by atoms with Crippen molar-refractivity contribution < 1.29 is 9.53 Å². The lowest BCUT2D eigenvalue weighted by atomic mass is 9.49. The molecule has 1 heterocycles. The van der Waals surface area contributed by atoms with Gasteiger partial charge in [-0.2, -0.15) is 0 Å². The molecule has 0 spiro atoms. The first kappa shape index (κ1) is 18.8. The van der Waals surface area contributed by atoms with Crippen molar-refractivity contribution >= 4 is 11.5 Å². The van der Waals surface area contributed by atoms with Gasteiger partial charge in [-0.1, -0.05) is 43.2 Å². The van der Waals surface area contributed by atoms with E-state index in [4.69, 9.17) is 4.74 Å². The average Bonchev–Trinajstić information content (AvgIpc) is 3.06. The number of hydrogen-bond donors (Lipinski definition) is 0. The molecule has 4 nitrogen and oxygen atoms in total. The fourth-order valence-electron chi connectivity index (χ4n) is 6.82. The van der Waals surface area contributed by atoms with Crippen LogP contribution >= 0.6 is 0 Å². The summed E-state index contributed by atoms with van der Waals surface area (Å²) in [6.45, 7) is 6.41. The second-order valence-electron chi connectivity index (χ2n) is 9.77.